The molecule has 4 fully saturated rings. The first-order valence-electron chi connectivity index (χ1n) is 19.8. The molecule has 2 aromatic rings. The molecule has 300 valence electrons. The lowest BCUT2D eigenvalue weighted by atomic mass is 9.93. The van der Waals surface area contributed by atoms with E-state index in [-0.39, 0.29) is 55.6 Å². The molecule has 3 aliphatic heterocycles. The molecule has 0 bridgehead atoms. The summed E-state index contributed by atoms with van der Waals surface area (Å²) in [5.74, 6) is -3.39. The van der Waals surface area contributed by atoms with Crippen molar-refractivity contribution in [3.05, 3.63) is 66.4 Å². The number of alkyl carbamates (subject to hydrolysis) is 1. The molecular weight excluding hydrogens is 737 g/mol. The fourth-order valence-electron chi connectivity index (χ4n) is 8.19. The van der Waals surface area contributed by atoms with E-state index in [4.69, 9.17) is 4.74 Å². The van der Waals surface area contributed by atoms with Crippen LogP contribution in [0.15, 0.2) is 60.7 Å². The molecule has 2 saturated heterocycles. The van der Waals surface area contributed by atoms with Crippen molar-refractivity contribution in [3.63, 3.8) is 0 Å². The molecule has 56 heavy (non-hydrogen) atoms. The third-order valence-corrected chi connectivity index (χ3v) is 13.3. The van der Waals surface area contributed by atoms with Crippen LogP contribution >= 0.6 is 0 Å². The van der Waals surface area contributed by atoms with Gasteiger partial charge in [-0.2, -0.15) is 0 Å². The Hall–Kier alpha value is -4.79. The number of fused-ring (bicyclic) bond motifs is 4. The van der Waals surface area contributed by atoms with E-state index in [2.05, 4.69) is 20.3 Å². The fraction of sp³-hybridized carbons (Fsp3) is 0.561. The molecule has 5 amide bonds. The lowest BCUT2D eigenvalue weighted by Crippen LogP contribution is -2.60. The van der Waals surface area contributed by atoms with E-state index in [1.807, 2.05) is 69.3 Å². The summed E-state index contributed by atoms with van der Waals surface area (Å²) in [4.78, 5) is 77.9. The molecule has 0 unspecified atom stereocenters. The first-order valence-corrected chi connectivity index (χ1v) is 21.3. The van der Waals surface area contributed by atoms with Gasteiger partial charge in [-0.05, 0) is 56.1 Å². The van der Waals surface area contributed by atoms with Crippen molar-refractivity contribution in [1.82, 2.24) is 30.1 Å². The number of likely N-dealkylation sites (tertiary alicyclic amines) is 1. The van der Waals surface area contributed by atoms with Gasteiger partial charge in [0, 0.05) is 43.0 Å². The number of nitrogens with one attached hydrogen (secondary N) is 3. The van der Waals surface area contributed by atoms with Crippen molar-refractivity contribution in [3.8, 4) is 11.3 Å². The molecule has 2 saturated carbocycles. The molecule has 0 radical (unpaired) electrons. The van der Waals surface area contributed by atoms with Gasteiger partial charge in [-0.3, -0.25) is 23.9 Å². The number of hydrogen-bond acceptors (Lipinski definition) is 9. The first-order chi connectivity index (χ1) is 26.6. The Morgan fingerprint density at radius 1 is 0.964 bits per heavy atom. The third-order valence-electron chi connectivity index (χ3n) is 11.5. The molecule has 7 rings (SSSR count). The van der Waals surface area contributed by atoms with E-state index < -0.39 is 68.5 Å². The van der Waals surface area contributed by atoms with Crippen molar-refractivity contribution >= 4 is 39.7 Å². The van der Waals surface area contributed by atoms with Gasteiger partial charge in [0.2, 0.25) is 21.8 Å². The summed E-state index contributed by atoms with van der Waals surface area (Å²) in [5, 5.41) is 5.07. The van der Waals surface area contributed by atoms with Gasteiger partial charge in [0.05, 0.1) is 17.6 Å². The average molecular weight is 789 g/mol. The van der Waals surface area contributed by atoms with Crippen molar-refractivity contribution in [2.45, 2.75) is 95.0 Å². The van der Waals surface area contributed by atoms with Crippen LogP contribution in [-0.2, 0) is 29.1 Å². The molecular formula is C41H52N6O8S. The number of amides is 5. The number of ether oxygens (including phenoxy) is 1. The molecule has 2 aliphatic carbocycles. The number of pyridine rings is 1. The Labute approximate surface area is 328 Å². The minimum Gasteiger partial charge on any atom is -0.449 e. The predicted molar refractivity (Wildman–Crippen MR) is 207 cm³/mol. The highest BCUT2D eigenvalue weighted by atomic mass is 32.2. The summed E-state index contributed by atoms with van der Waals surface area (Å²) in [6.45, 7) is 6.47. The second-order valence-corrected chi connectivity index (χ2v) is 19.2. The van der Waals surface area contributed by atoms with Gasteiger partial charge < -0.3 is 25.2 Å². The quantitative estimate of drug-likeness (QED) is 0.352. The molecule has 3 N–H and O–H groups in total. The zero-order valence-electron chi connectivity index (χ0n) is 32.2. The van der Waals surface area contributed by atoms with Gasteiger partial charge >= 0.3 is 6.09 Å². The van der Waals surface area contributed by atoms with Crippen LogP contribution in [0.3, 0.4) is 0 Å². The Bertz CT molecular complexity index is 2000. The second kappa shape index (κ2) is 15.6. The molecule has 1 aromatic carbocycles. The maximum atomic E-state index is 14.7. The smallest absolute Gasteiger partial charge is 0.407 e. The van der Waals surface area contributed by atoms with E-state index in [9.17, 15) is 32.4 Å². The van der Waals surface area contributed by atoms with Gasteiger partial charge in [0.25, 0.3) is 11.8 Å². The Balaban J connectivity index is 1.17. The SMILES string of the molecule is CC(C)(C)COC(=O)N[C@H]1CCCCC/C=C\[C@H]2C[C@@]2(C(=O)NS(=O)(=O)C2CC2)NC(=O)[C@@H]2[C@H]3CN(C(=O)c4cccc(-c5ccccc5)n4)C[C@H]3CN2C1=O. The maximum Gasteiger partial charge on any atom is 0.407 e. The monoisotopic (exact) mass is 788 g/mol. The normalized spacial score (nSPS) is 28.7. The number of hydrogen-bond donors (Lipinski definition) is 3. The van der Waals surface area contributed by atoms with Crippen molar-refractivity contribution in [2.75, 3.05) is 26.2 Å². The number of benzene rings is 1. The average Bonchev–Trinajstić information content (AvgIpc) is 4.06. The molecule has 4 heterocycles. The summed E-state index contributed by atoms with van der Waals surface area (Å²) in [6, 6.07) is 12.7. The highest BCUT2D eigenvalue weighted by Crippen LogP contribution is 2.47. The number of aromatic nitrogens is 1. The maximum absolute atomic E-state index is 14.7. The predicted octanol–water partition coefficient (Wildman–Crippen LogP) is 3.79. The fourth-order valence-corrected chi connectivity index (χ4v) is 9.55. The zero-order chi connectivity index (χ0) is 39.8. The van der Waals surface area contributed by atoms with Crippen LogP contribution in [0.25, 0.3) is 11.3 Å². The molecule has 0 spiro atoms. The largest absolute Gasteiger partial charge is 0.449 e. The second-order valence-electron chi connectivity index (χ2n) is 17.2. The van der Waals surface area contributed by atoms with Crippen LogP contribution in [0.1, 0.15) is 82.6 Å². The summed E-state index contributed by atoms with van der Waals surface area (Å²) in [7, 11) is -3.91. The summed E-state index contributed by atoms with van der Waals surface area (Å²) >= 11 is 0. The lowest BCUT2D eigenvalue weighted by Gasteiger charge is -2.33. The van der Waals surface area contributed by atoms with E-state index in [1.54, 1.807) is 17.0 Å². The zero-order valence-corrected chi connectivity index (χ0v) is 33.1. The number of carbonyl (C=O) groups excluding carboxylic acids is 5. The Morgan fingerprint density at radius 3 is 2.46 bits per heavy atom. The standard InChI is InChI=1S/C41H52N6O8S/c1-40(2,3)25-55-39(52)43-33-16-11-6-4-5-10-15-28-21-41(28,38(51)45-56(53,54)29-19-20-29)44-35(48)34-30-24-46(22-27(30)23-47(34)37(33)50)36(49)32-18-12-17-31(42-32)26-13-8-7-9-14-26/h7-10,12-15,17-18,27-30,33-34H,4-6,11,16,19-25H2,1-3H3,(H,43,52)(H,44,48)(H,45,51)/b15-10-/t27-,28-,30-,33-,34-,41+/m0/s1. The van der Waals surface area contributed by atoms with E-state index in [0.29, 0.717) is 37.8 Å². The van der Waals surface area contributed by atoms with E-state index in [1.165, 1.54) is 4.90 Å². The summed E-state index contributed by atoms with van der Waals surface area (Å²) in [6.07, 6.45) is 7.44. The van der Waals surface area contributed by atoms with Crippen molar-refractivity contribution in [2.24, 2.45) is 23.2 Å². The number of rotatable bonds is 7. The lowest BCUT2D eigenvalue weighted by molar-refractivity contribution is -0.142. The molecule has 6 atom stereocenters. The summed E-state index contributed by atoms with van der Waals surface area (Å²) < 4.78 is 33.5. The van der Waals surface area contributed by atoms with Gasteiger partial charge in [-0.15, -0.1) is 0 Å². The van der Waals surface area contributed by atoms with Gasteiger partial charge in [0.1, 0.15) is 23.3 Å². The van der Waals surface area contributed by atoms with Gasteiger partial charge in [-0.25, -0.2) is 18.2 Å². The van der Waals surface area contributed by atoms with Crippen LogP contribution in [0, 0.1) is 23.2 Å². The van der Waals surface area contributed by atoms with Crippen LogP contribution < -0.4 is 15.4 Å². The van der Waals surface area contributed by atoms with E-state index in [0.717, 1.165) is 18.4 Å². The Morgan fingerprint density at radius 2 is 1.73 bits per heavy atom. The minimum atomic E-state index is -3.91. The number of sulfonamides is 1. The van der Waals surface area contributed by atoms with Crippen LogP contribution in [0.4, 0.5) is 4.79 Å². The summed E-state index contributed by atoms with van der Waals surface area (Å²) in [5.41, 5.74) is -0.0531. The van der Waals surface area contributed by atoms with Gasteiger partial charge in [0.15, 0.2) is 0 Å². The highest BCUT2D eigenvalue weighted by molar-refractivity contribution is 7.91. The van der Waals surface area contributed by atoms with Crippen LogP contribution in [0.5, 0.6) is 0 Å². The number of nitrogens with zero attached hydrogens (tertiary/aromatic N) is 3. The van der Waals surface area contributed by atoms with Crippen molar-refractivity contribution in [1.29, 1.82) is 0 Å². The molecule has 15 heteroatoms. The van der Waals surface area contributed by atoms with E-state index >= 15 is 0 Å². The molecule has 14 nitrogen and oxygen atoms in total. The topological polar surface area (TPSA) is 184 Å². The third kappa shape index (κ3) is 8.62. The minimum absolute atomic E-state index is 0.136. The highest BCUT2D eigenvalue weighted by Gasteiger charge is 2.63. The molecule has 1 aromatic heterocycles. The van der Waals surface area contributed by atoms with Gasteiger partial charge in [-0.1, -0.05) is 82.2 Å². The number of carbonyl (C=O) groups is 5. The van der Waals surface area contributed by atoms with Crippen LogP contribution in [-0.4, -0.2) is 102 Å². The number of allylic oxidation sites excluding steroid dienone is 1. The van der Waals surface area contributed by atoms with Crippen molar-refractivity contribution < 1.29 is 37.1 Å². The first kappa shape index (κ1) is 39.4. The molecule has 5 aliphatic rings. The Kier molecular flexibility index (Phi) is 11.0. The van der Waals surface area contributed by atoms with Crippen LogP contribution in [0.2, 0.25) is 0 Å².